The van der Waals surface area contributed by atoms with Gasteiger partial charge in [-0.3, -0.25) is 4.79 Å². The van der Waals surface area contributed by atoms with Gasteiger partial charge in [0.25, 0.3) is 5.91 Å². The van der Waals surface area contributed by atoms with Gasteiger partial charge >= 0.3 is 6.36 Å². The van der Waals surface area contributed by atoms with Gasteiger partial charge in [-0.1, -0.05) is 15.9 Å². The summed E-state index contributed by atoms with van der Waals surface area (Å²) in [5, 5.41) is 2.66. The monoisotopic (exact) mass is 403 g/mol. The summed E-state index contributed by atoms with van der Waals surface area (Å²) < 4.78 is 46.3. The van der Waals surface area contributed by atoms with Gasteiger partial charge in [0, 0.05) is 10.0 Å². The minimum atomic E-state index is -4.77. The number of ether oxygens (including phenoxy) is 2. The molecule has 0 aliphatic heterocycles. The van der Waals surface area contributed by atoms with Crippen LogP contribution in [0.3, 0.4) is 0 Å². The van der Waals surface area contributed by atoms with Crippen molar-refractivity contribution in [3.8, 4) is 11.5 Å². The molecule has 24 heavy (non-hydrogen) atoms. The smallest absolute Gasteiger partial charge is 0.492 e. The number of alkyl halides is 3. The molecule has 1 amide bonds. The van der Waals surface area contributed by atoms with Crippen LogP contribution in [0.2, 0.25) is 0 Å². The maximum absolute atomic E-state index is 12.2. The molecule has 128 valence electrons. The molecule has 0 aliphatic rings. The van der Waals surface area contributed by atoms with Crippen molar-refractivity contribution in [2.24, 2.45) is 0 Å². The third kappa shape index (κ3) is 5.16. The Hall–Kier alpha value is -2.22. The number of carbonyl (C=O) groups excluding carboxylic acids is 1. The minimum absolute atomic E-state index is 0.190. The number of nitrogens with one attached hydrogen (secondary N) is 1. The van der Waals surface area contributed by atoms with Gasteiger partial charge in [0.2, 0.25) is 0 Å². The van der Waals surface area contributed by atoms with E-state index in [0.29, 0.717) is 18.0 Å². The Morgan fingerprint density at radius 2 is 1.83 bits per heavy atom. The summed E-state index contributed by atoms with van der Waals surface area (Å²) in [6.45, 7) is 2.23. The van der Waals surface area contributed by atoms with Gasteiger partial charge in [0.15, 0.2) is 0 Å². The molecule has 0 atom stereocenters. The first kappa shape index (κ1) is 18.1. The average Bonchev–Trinajstić information content (AvgIpc) is 2.49. The molecule has 0 saturated carbocycles. The average molecular weight is 404 g/mol. The van der Waals surface area contributed by atoms with Crippen LogP contribution in [0.15, 0.2) is 46.9 Å². The molecule has 0 aromatic heterocycles. The van der Waals surface area contributed by atoms with Crippen molar-refractivity contribution in [1.29, 1.82) is 0 Å². The molecular weight excluding hydrogens is 391 g/mol. The zero-order valence-corrected chi connectivity index (χ0v) is 14.1. The molecule has 0 aliphatic carbocycles. The highest BCUT2D eigenvalue weighted by atomic mass is 79.9. The highest BCUT2D eigenvalue weighted by Crippen LogP contribution is 2.29. The Morgan fingerprint density at radius 1 is 1.17 bits per heavy atom. The Morgan fingerprint density at radius 3 is 2.42 bits per heavy atom. The Labute approximate surface area is 144 Å². The summed E-state index contributed by atoms with van der Waals surface area (Å²) in [5.74, 6) is -0.383. The van der Waals surface area contributed by atoms with Crippen molar-refractivity contribution in [2.75, 3.05) is 11.9 Å². The van der Waals surface area contributed by atoms with E-state index in [-0.39, 0.29) is 5.56 Å². The first-order valence-electron chi connectivity index (χ1n) is 6.88. The van der Waals surface area contributed by atoms with Gasteiger partial charge in [0.05, 0.1) is 12.3 Å². The summed E-state index contributed by atoms with van der Waals surface area (Å²) in [7, 11) is 0. The quantitative estimate of drug-likeness (QED) is 0.763. The maximum atomic E-state index is 12.2. The second-order valence-corrected chi connectivity index (χ2v) is 5.52. The fraction of sp³-hybridized carbons (Fsp3) is 0.188. The Balaban J connectivity index is 2.13. The van der Waals surface area contributed by atoms with Crippen LogP contribution in [0.5, 0.6) is 11.5 Å². The van der Waals surface area contributed by atoms with Crippen molar-refractivity contribution in [1.82, 2.24) is 0 Å². The molecule has 0 bridgehead atoms. The van der Waals surface area contributed by atoms with E-state index in [2.05, 4.69) is 26.0 Å². The fourth-order valence-corrected chi connectivity index (χ4v) is 2.22. The van der Waals surface area contributed by atoms with Gasteiger partial charge in [0.1, 0.15) is 11.5 Å². The number of benzene rings is 2. The van der Waals surface area contributed by atoms with Crippen molar-refractivity contribution >= 4 is 27.5 Å². The summed E-state index contributed by atoms with van der Waals surface area (Å²) >= 11 is 3.31. The topological polar surface area (TPSA) is 47.6 Å². The summed E-state index contributed by atoms with van der Waals surface area (Å²) in [5.41, 5.74) is 0.649. The fourth-order valence-electron chi connectivity index (χ4n) is 1.88. The molecule has 0 saturated heterocycles. The van der Waals surface area contributed by atoms with Crippen LogP contribution in [-0.2, 0) is 0 Å². The third-order valence-corrected chi connectivity index (χ3v) is 3.34. The molecule has 4 nitrogen and oxygen atoms in total. The molecule has 0 unspecified atom stereocenters. The first-order chi connectivity index (χ1) is 11.3. The first-order valence-corrected chi connectivity index (χ1v) is 7.67. The van der Waals surface area contributed by atoms with Gasteiger partial charge in [-0.05, 0) is 49.4 Å². The number of rotatable bonds is 5. The molecule has 0 heterocycles. The van der Waals surface area contributed by atoms with Crippen LogP contribution in [0.1, 0.15) is 17.3 Å². The molecule has 2 aromatic rings. The van der Waals surface area contributed by atoms with Crippen molar-refractivity contribution in [3.05, 3.63) is 52.5 Å². The minimum Gasteiger partial charge on any atom is -0.492 e. The molecule has 0 radical (unpaired) electrons. The number of halogens is 4. The van der Waals surface area contributed by atoms with Gasteiger partial charge in [-0.2, -0.15) is 0 Å². The SMILES string of the molecule is CCOc1cc(Br)ccc1NC(=O)c1ccc(OC(F)(F)F)cc1. The number of hydrogen-bond acceptors (Lipinski definition) is 3. The molecule has 0 spiro atoms. The molecule has 0 fully saturated rings. The lowest BCUT2D eigenvalue weighted by Gasteiger charge is -2.12. The van der Waals surface area contributed by atoms with E-state index < -0.39 is 18.0 Å². The van der Waals surface area contributed by atoms with Crippen LogP contribution in [-0.4, -0.2) is 18.9 Å². The third-order valence-electron chi connectivity index (χ3n) is 2.84. The number of hydrogen-bond donors (Lipinski definition) is 1. The van der Waals surface area contributed by atoms with E-state index in [1.807, 2.05) is 6.92 Å². The lowest BCUT2D eigenvalue weighted by Crippen LogP contribution is -2.17. The normalized spacial score (nSPS) is 11.0. The lowest BCUT2D eigenvalue weighted by atomic mass is 10.2. The predicted octanol–water partition coefficient (Wildman–Crippen LogP) is 5.00. The van der Waals surface area contributed by atoms with Crippen LogP contribution in [0, 0.1) is 0 Å². The van der Waals surface area contributed by atoms with E-state index in [1.54, 1.807) is 18.2 Å². The van der Waals surface area contributed by atoms with E-state index >= 15 is 0 Å². The van der Waals surface area contributed by atoms with Crippen molar-refractivity contribution in [3.63, 3.8) is 0 Å². The standard InChI is InChI=1S/C16H13BrF3NO3/c1-2-23-14-9-11(17)5-8-13(14)21-15(22)10-3-6-12(7-4-10)24-16(18,19)20/h3-9H,2H2,1H3,(H,21,22). The van der Waals surface area contributed by atoms with Gasteiger partial charge < -0.3 is 14.8 Å². The molecule has 2 rings (SSSR count). The van der Waals surface area contributed by atoms with Crippen LogP contribution < -0.4 is 14.8 Å². The van der Waals surface area contributed by atoms with Crippen LogP contribution in [0.4, 0.5) is 18.9 Å². The highest BCUT2D eigenvalue weighted by molar-refractivity contribution is 9.10. The largest absolute Gasteiger partial charge is 0.573 e. The lowest BCUT2D eigenvalue weighted by molar-refractivity contribution is -0.274. The Kier molecular flexibility index (Phi) is 5.71. The molecule has 1 N–H and O–H groups in total. The van der Waals surface area contributed by atoms with Crippen molar-refractivity contribution in [2.45, 2.75) is 13.3 Å². The maximum Gasteiger partial charge on any atom is 0.573 e. The Bertz CT molecular complexity index is 717. The van der Waals surface area contributed by atoms with E-state index in [9.17, 15) is 18.0 Å². The molecule has 2 aromatic carbocycles. The summed E-state index contributed by atoms with van der Waals surface area (Å²) in [6, 6.07) is 9.75. The predicted molar refractivity (Wildman–Crippen MR) is 86.4 cm³/mol. The summed E-state index contributed by atoms with van der Waals surface area (Å²) in [4.78, 5) is 12.2. The number of amides is 1. The van der Waals surface area contributed by atoms with Gasteiger partial charge in [-0.25, -0.2) is 0 Å². The second kappa shape index (κ2) is 7.57. The van der Waals surface area contributed by atoms with Crippen LogP contribution in [0.25, 0.3) is 0 Å². The zero-order valence-electron chi connectivity index (χ0n) is 12.5. The highest BCUT2D eigenvalue weighted by Gasteiger charge is 2.31. The molecular formula is C16H13BrF3NO3. The number of anilines is 1. The van der Waals surface area contributed by atoms with E-state index in [1.165, 1.54) is 12.1 Å². The van der Waals surface area contributed by atoms with E-state index in [0.717, 1.165) is 16.6 Å². The second-order valence-electron chi connectivity index (χ2n) is 4.60. The molecule has 8 heteroatoms. The van der Waals surface area contributed by atoms with Crippen LogP contribution >= 0.6 is 15.9 Å². The summed E-state index contributed by atoms with van der Waals surface area (Å²) in [6.07, 6.45) is -4.77. The number of carbonyl (C=O) groups is 1. The zero-order chi connectivity index (χ0) is 17.7. The van der Waals surface area contributed by atoms with E-state index in [4.69, 9.17) is 4.74 Å². The van der Waals surface area contributed by atoms with Gasteiger partial charge in [-0.15, -0.1) is 13.2 Å². The van der Waals surface area contributed by atoms with Crippen molar-refractivity contribution < 1.29 is 27.4 Å².